The van der Waals surface area contributed by atoms with Crippen molar-refractivity contribution >= 4 is 34.3 Å². The molecule has 8 nitrogen and oxygen atoms in total. The number of nitrogens with one attached hydrogen (secondary N) is 3. The number of hydrogen-bond acceptors (Lipinski definition) is 5. The zero-order chi connectivity index (χ0) is 22.9. The van der Waals surface area contributed by atoms with Crippen LogP contribution in [0.15, 0.2) is 55.0 Å². The van der Waals surface area contributed by atoms with Gasteiger partial charge in [-0.3, -0.25) is 0 Å². The minimum atomic E-state index is -4.87. The molecule has 12 heteroatoms. The van der Waals surface area contributed by atoms with E-state index in [2.05, 4.69) is 30.3 Å². The Morgan fingerprint density at radius 1 is 1.09 bits per heavy atom. The Morgan fingerprint density at radius 2 is 1.91 bits per heavy atom. The maximum atomic E-state index is 14.6. The van der Waals surface area contributed by atoms with E-state index in [-0.39, 0.29) is 17.2 Å². The molecule has 0 spiro atoms. The largest absolute Gasteiger partial charge is 0.573 e. The van der Waals surface area contributed by atoms with Crippen molar-refractivity contribution in [3.8, 4) is 16.9 Å². The van der Waals surface area contributed by atoms with E-state index in [1.807, 2.05) is 0 Å². The molecule has 0 radical (unpaired) electrons. The molecular weight excluding hydrogens is 432 g/mol. The van der Waals surface area contributed by atoms with Crippen LogP contribution in [0.4, 0.5) is 39.5 Å². The van der Waals surface area contributed by atoms with Gasteiger partial charge in [0, 0.05) is 23.5 Å². The summed E-state index contributed by atoms with van der Waals surface area (Å²) in [4.78, 5) is 23.1. The molecule has 0 atom stereocenters. The summed E-state index contributed by atoms with van der Waals surface area (Å²) in [6.45, 7) is 0. The minimum Gasteiger partial charge on any atom is -0.406 e. The predicted molar refractivity (Wildman–Crippen MR) is 109 cm³/mol. The van der Waals surface area contributed by atoms with Crippen molar-refractivity contribution in [2.24, 2.45) is 0 Å². The summed E-state index contributed by atoms with van der Waals surface area (Å²) in [7, 11) is 0. The highest BCUT2D eigenvalue weighted by Crippen LogP contribution is 2.32. The molecule has 0 bridgehead atoms. The summed E-state index contributed by atoms with van der Waals surface area (Å²) in [5.41, 5.74) is 7.31. The number of aromatic amines is 1. The van der Waals surface area contributed by atoms with Crippen LogP contribution in [-0.4, -0.2) is 27.3 Å². The maximum absolute atomic E-state index is 14.6. The van der Waals surface area contributed by atoms with Crippen LogP contribution in [0.3, 0.4) is 0 Å². The molecule has 2 amide bonds. The molecule has 0 aliphatic rings. The Bertz CT molecular complexity index is 1300. The lowest BCUT2D eigenvalue weighted by molar-refractivity contribution is -0.274. The van der Waals surface area contributed by atoms with Crippen molar-refractivity contribution in [2.75, 3.05) is 16.4 Å². The highest BCUT2D eigenvalue weighted by atomic mass is 19.4. The third-order valence-electron chi connectivity index (χ3n) is 4.35. The van der Waals surface area contributed by atoms with E-state index in [0.717, 1.165) is 12.1 Å². The second kappa shape index (κ2) is 8.06. The van der Waals surface area contributed by atoms with Crippen LogP contribution in [-0.2, 0) is 0 Å². The fourth-order valence-electron chi connectivity index (χ4n) is 3.05. The molecule has 4 aromatic rings. The monoisotopic (exact) mass is 446 g/mol. The molecule has 0 fully saturated rings. The number of hydrogen-bond donors (Lipinski definition) is 4. The molecule has 2 aromatic heterocycles. The van der Waals surface area contributed by atoms with Gasteiger partial charge >= 0.3 is 12.4 Å². The molecule has 32 heavy (non-hydrogen) atoms. The number of anilines is 3. The van der Waals surface area contributed by atoms with E-state index >= 15 is 0 Å². The zero-order valence-corrected chi connectivity index (χ0v) is 16.0. The molecule has 0 saturated heterocycles. The van der Waals surface area contributed by atoms with Crippen LogP contribution in [0.25, 0.3) is 22.2 Å². The minimum absolute atomic E-state index is 0.0237. The van der Waals surface area contributed by atoms with E-state index in [9.17, 15) is 22.4 Å². The number of carbonyl (C=O) groups is 1. The van der Waals surface area contributed by atoms with Gasteiger partial charge in [-0.1, -0.05) is 12.1 Å². The second-order valence-electron chi connectivity index (χ2n) is 6.53. The van der Waals surface area contributed by atoms with E-state index in [1.165, 1.54) is 30.6 Å². The average molecular weight is 446 g/mol. The van der Waals surface area contributed by atoms with E-state index in [4.69, 9.17) is 5.73 Å². The Morgan fingerprint density at radius 3 is 2.66 bits per heavy atom. The van der Waals surface area contributed by atoms with Gasteiger partial charge in [0.1, 0.15) is 29.4 Å². The average Bonchev–Trinajstić information content (AvgIpc) is 3.14. The van der Waals surface area contributed by atoms with Gasteiger partial charge in [-0.2, -0.15) is 0 Å². The van der Waals surface area contributed by atoms with Crippen molar-refractivity contribution in [1.29, 1.82) is 0 Å². The SMILES string of the molecule is Nc1ncnc2[nH]cc(-c3ccc(NC(=O)Nc4cccc(OC(F)(F)F)c4)c(F)c3)c12. The number of fused-ring (bicyclic) bond motifs is 1. The number of ether oxygens (including phenoxy) is 1. The number of rotatable bonds is 4. The fourth-order valence-corrected chi connectivity index (χ4v) is 3.05. The van der Waals surface area contributed by atoms with Crippen LogP contribution in [0.5, 0.6) is 5.75 Å². The number of amides is 2. The lowest BCUT2D eigenvalue weighted by Gasteiger charge is -2.12. The van der Waals surface area contributed by atoms with Gasteiger partial charge in [0.2, 0.25) is 0 Å². The molecular formula is C20H14F4N6O2. The predicted octanol–water partition coefficient (Wildman–Crippen LogP) is 4.89. The smallest absolute Gasteiger partial charge is 0.406 e. The van der Waals surface area contributed by atoms with E-state index in [0.29, 0.717) is 22.2 Å². The van der Waals surface area contributed by atoms with Crippen molar-refractivity contribution in [1.82, 2.24) is 15.0 Å². The van der Waals surface area contributed by atoms with Crippen LogP contribution >= 0.6 is 0 Å². The number of carbonyl (C=O) groups excluding carboxylic acids is 1. The number of nitrogens with two attached hydrogens (primary N) is 1. The van der Waals surface area contributed by atoms with Crippen molar-refractivity contribution in [2.45, 2.75) is 6.36 Å². The van der Waals surface area contributed by atoms with Crippen LogP contribution in [0.1, 0.15) is 0 Å². The highest BCUT2D eigenvalue weighted by molar-refractivity contribution is 6.02. The van der Waals surface area contributed by atoms with Crippen molar-refractivity contribution < 1.29 is 27.1 Å². The molecule has 164 valence electrons. The number of urea groups is 1. The number of halogens is 4. The number of aromatic nitrogens is 3. The number of nitrogens with zero attached hydrogens (tertiary/aromatic N) is 2. The van der Waals surface area contributed by atoms with E-state index < -0.39 is 24.0 Å². The van der Waals surface area contributed by atoms with Gasteiger partial charge in [-0.25, -0.2) is 19.2 Å². The number of H-pyrrole nitrogens is 1. The van der Waals surface area contributed by atoms with Crippen molar-refractivity contribution in [3.63, 3.8) is 0 Å². The summed E-state index contributed by atoms with van der Waals surface area (Å²) in [6.07, 6.45) is -1.96. The van der Waals surface area contributed by atoms with Crippen LogP contribution in [0, 0.1) is 5.82 Å². The van der Waals surface area contributed by atoms with Gasteiger partial charge in [0.05, 0.1) is 11.1 Å². The molecule has 0 aliphatic heterocycles. The van der Waals surface area contributed by atoms with Gasteiger partial charge < -0.3 is 26.1 Å². The molecule has 0 saturated carbocycles. The molecule has 0 unspecified atom stereocenters. The maximum Gasteiger partial charge on any atom is 0.573 e. The lowest BCUT2D eigenvalue weighted by Crippen LogP contribution is -2.20. The first kappa shape index (κ1) is 20.9. The summed E-state index contributed by atoms with van der Waals surface area (Å²) in [5, 5.41) is 5.15. The summed E-state index contributed by atoms with van der Waals surface area (Å²) >= 11 is 0. The first-order valence-corrected chi connectivity index (χ1v) is 9.01. The molecule has 5 N–H and O–H groups in total. The van der Waals surface area contributed by atoms with Gasteiger partial charge in [0.25, 0.3) is 0 Å². The van der Waals surface area contributed by atoms with Gasteiger partial charge in [-0.15, -0.1) is 13.2 Å². The van der Waals surface area contributed by atoms with Crippen LogP contribution in [0.2, 0.25) is 0 Å². The Labute approximate surface area is 177 Å². The first-order valence-electron chi connectivity index (χ1n) is 9.01. The fraction of sp³-hybridized carbons (Fsp3) is 0.0500. The first-order chi connectivity index (χ1) is 15.2. The molecule has 2 heterocycles. The lowest BCUT2D eigenvalue weighted by atomic mass is 10.1. The topological polar surface area (TPSA) is 118 Å². The summed E-state index contributed by atoms with van der Waals surface area (Å²) in [6, 6.07) is 7.92. The Kier molecular flexibility index (Phi) is 5.26. The second-order valence-corrected chi connectivity index (χ2v) is 6.53. The highest BCUT2D eigenvalue weighted by Gasteiger charge is 2.31. The normalized spacial score (nSPS) is 11.4. The summed E-state index contributed by atoms with van der Waals surface area (Å²) < 4.78 is 55.4. The number of nitrogen functional groups attached to an aromatic ring is 1. The van der Waals surface area contributed by atoms with Crippen LogP contribution < -0.4 is 21.1 Å². The van der Waals surface area contributed by atoms with E-state index in [1.54, 1.807) is 12.3 Å². The third kappa shape index (κ3) is 4.53. The van der Waals surface area contributed by atoms with Crippen molar-refractivity contribution in [3.05, 3.63) is 60.8 Å². The Hall–Kier alpha value is -4.35. The number of alkyl halides is 3. The van der Waals surface area contributed by atoms with Gasteiger partial charge in [-0.05, 0) is 29.8 Å². The third-order valence-corrected chi connectivity index (χ3v) is 4.35. The standard InChI is InChI=1S/C20H14F4N6O2/c21-14-6-10(13-8-26-18-16(13)17(25)27-9-28-18)4-5-15(14)30-19(31)29-11-2-1-3-12(7-11)32-20(22,23)24/h1-9H,(H2,29,30,31)(H3,25,26,27,28). The summed E-state index contributed by atoms with van der Waals surface area (Å²) in [5.74, 6) is -1.02. The Balaban J connectivity index is 1.50. The zero-order valence-electron chi connectivity index (χ0n) is 16.0. The molecule has 0 aliphatic carbocycles. The molecule has 2 aromatic carbocycles. The quantitative estimate of drug-likeness (QED) is 0.333. The number of benzene rings is 2. The molecule has 4 rings (SSSR count). The van der Waals surface area contributed by atoms with Gasteiger partial charge in [0.15, 0.2) is 0 Å².